The van der Waals surface area contributed by atoms with Crippen molar-refractivity contribution in [2.24, 2.45) is 0 Å². The molecule has 0 radical (unpaired) electrons. The summed E-state index contributed by atoms with van der Waals surface area (Å²) in [5, 5.41) is 0.599. The number of halogens is 1. The molecule has 3 aromatic carbocycles. The van der Waals surface area contributed by atoms with Gasteiger partial charge < -0.3 is 18.9 Å². The summed E-state index contributed by atoms with van der Waals surface area (Å²) in [6, 6.07) is 15.2. The van der Waals surface area contributed by atoms with Crippen LogP contribution in [0.3, 0.4) is 0 Å². The SMILES string of the molecule is Cc1cccc(/C=C2\Oc3cc(OCc4cc(Cl)cc5c4OCOC5)cc(C)c3C2=O)c1. The molecule has 0 bridgehead atoms. The van der Waals surface area contributed by atoms with Gasteiger partial charge in [-0.3, -0.25) is 4.79 Å². The fourth-order valence-electron chi connectivity index (χ4n) is 4.00. The van der Waals surface area contributed by atoms with E-state index in [0.717, 1.165) is 33.6 Å². The number of allylic oxidation sites excluding steroid dienone is 1. The monoisotopic (exact) mass is 448 g/mol. The summed E-state index contributed by atoms with van der Waals surface area (Å²) in [4.78, 5) is 12.9. The van der Waals surface area contributed by atoms with Crippen molar-refractivity contribution in [3.63, 3.8) is 0 Å². The molecule has 2 aliphatic rings. The molecule has 0 N–H and O–H groups in total. The van der Waals surface area contributed by atoms with Crippen LogP contribution in [0, 0.1) is 13.8 Å². The Morgan fingerprint density at radius 1 is 1.12 bits per heavy atom. The van der Waals surface area contributed by atoms with Crippen LogP contribution in [0.5, 0.6) is 17.2 Å². The van der Waals surface area contributed by atoms with Crippen molar-refractivity contribution in [1.82, 2.24) is 0 Å². The Kier molecular flexibility index (Phi) is 5.37. The van der Waals surface area contributed by atoms with Gasteiger partial charge in [-0.15, -0.1) is 0 Å². The highest BCUT2D eigenvalue weighted by Gasteiger charge is 2.30. The molecule has 0 amide bonds. The standard InChI is InChI=1S/C26H21ClO5/c1-15-4-3-5-17(6-15)8-23-25(28)24-16(2)7-21(11-22(24)32-23)30-13-19-10-20(27)9-18-12-29-14-31-26(18)19/h3-11H,12-14H2,1-2H3/b23-8-. The van der Waals surface area contributed by atoms with Crippen LogP contribution in [-0.4, -0.2) is 12.6 Å². The molecule has 0 saturated heterocycles. The third-order valence-corrected chi connectivity index (χ3v) is 5.65. The number of fused-ring (bicyclic) bond motifs is 2. The van der Waals surface area contributed by atoms with Crippen LogP contribution in [0.1, 0.15) is 38.2 Å². The van der Waals surface area contributed by atoms with Crippen molar-refractivity contribution in [2.45, 2.75) is 27.1 Å². The fraction of sp³-hybridized carbons (Fsp3) is 0.192. The molecule has 5 rings (SSSR count). The summed E-state index contributed by atoms with van der Waals surface area (Å²) in [5.74, 6) is 2.03. The van der Waals surface area contributed by atoms with E-state index in [4.69, 9.17) is 30.5 Å². The maximum atomic E-state index is 12.9. The highest BCUT2D eigenvalue weighted by atomic mass is 35.5. The van der Waals surface area contributed by atoms with E-state index in [0.29, 0.717) is 34.5 Å². The maximum Gasteiger partial charge on any atom is 0.232 e. The molecule has 6 heteroatoms. The van der Waals surface area contributed by atoms with E-state index in [1.54, 1.807) is 12.1 Å². The van der Waals surface area contributed by atoms with Crippen molar-refractivity contribution in [2.75, 3.05) is 6.79 Å². The van der Waals surface area contributed by atoms with Crippen LogP contribution >= 0.6 is 11.6 Å². The second-order valence-electron chi connectivity index (χ2n) is 7.92. The van der Waals surface area contributed by atoms with Gasteiger partial charge in [-0.25, -0.2) is 0 Å². The lowest BCUT2D eigenvalue weighted by Crippen LogP contribution is -2.14. The minimum atomic E-state index is -0.122. The second kappa shape index (κ2) is 8.34. The molecule has 5 nitrogen and oxygen atoms in total. The van der Waals surface area contributed by atoms with E-state index in [2.05, 4.69) is 0 Å². The van der Waals surface area contributed by atoms with Gasteiger partial charge in [0, 0.05) is 22.2 Å². The number of carbonyl (C=O) groups is 1. The molecule has 0 saturated carbocycles. The molecule has 3 aromatic rings. The summed E-state index contributed by atoms with van der Waals surface area (Å²) in [6.07, 6.45) is 1.77. The lowest BCUT2D eigenvalue weighted by Gasteiger charge is -2.21. The molecular formula is C26H21ClO5. The zero-order chi connectivity index (χ0) is 22.2. The number of aryl methyl sites for hydroxylation is 2. The molecule has 162 valence electrons. The smallest absolute Gasteiger partial charge is 0.232 e. The maximum absolute atomic E-state index is 12.9. The van der Waals surface area contributed by atoms with E-state index in [9.17, 15) is 4.79 Å². The number of rotatable bonds is 4. The van der Waals surface area contributed by atoms with Crippen LogP contribution in [0.25, 0.3) is 6.08 Å². The summed E-state index contributed by atoms with van der Waals surface area (Å²) in [7, 11) is 0. The Morgan fingerprint density at radius 2 is 2.00 bits per heavy atom. The predicted molar refractivity (Wildman–Crippen MR) is 121 cm³/mol. The van der Waals surface area contributed by atoms with Crippen molar-refractivity contribution in [1.29, 1.82) is 0 Å². The number of hydrogen-bond acceptors (Lipinski definition) is 5. The van der Waals surface area contributed by atoms with Crippen LogP contribution < -0.4 is 14.2 Å². The second-order valence-corrected chi connectivity index (χ2v) is 8.36. The third kappa shape index (κ3) is 3.97. The van der Waals surface area contributed by atoms with E-state index in [1.165, 1.54) is 0 Å². The zero-order valence-electron chi connectivity index (χ0n) is 17.7. The Morgan fingerprint density at radius 3 is 2.84 bits per heavy atom. The van der Waals surface area contributed by atoms with Crippen molar-refractivity contribution >= 4 is 23.5 Å². The molecule has 0 fully saturated rings. The molecule has 0 unspecified atom stereocenters. The first-order chi connectivity index (χ1) is 15.5. The number of Topliss-reactive ketones (excluding diaryl/α,β-unsaturated/α-hetero) is 1. The van der Waals surface area contributed by atoms with Gasteiger partial charge in [-0.2, -0.15) is 0 Å². The van der Waals surface area contributed by atoms with Gasteiger partial charge in [-0.1, -0.05) is 41.4 Å². The number of benzene rings is 3. The van der Waals surface area contributed by atoms with Gasteiger partial charge in [0.1, 0.15) is 23.9 Å². The summed E-state index contributed by atoms with van der Waals surface area (Å²) < 4.78 is 22.9. The van der Waals surface area contributed by atoms with Gasteiger partial charge in [-0.05, 0) is 49.2 Å². The number of carbonyl (C=O) groups excluding carboxylic acids is 1. The first-order valence-electron chi connectivity index (χ1n) is 10.3. The normalized spacial score (nSPS) is 15.7. The van der Waals surface area contributed by atoms with Crippen LogP contribution in [0.4, 0.5) is 0 Å². The largest absolute Gasteiger partial charge is 0.489 e. The van der Waals surface area contributed by atoms with Crippen molar-refractivity contribution in [3.8, 4) is 17.2 Å². The van der Waals surface area contributed by atoms with Crippen molar-refractivity contribution in [3.05, 3.63) is 92.7 Å². The molecule has 2 aliphatic heterocycles. The first-order valence-corrected chi connectivity index (χ1v) is 10.7. The summed E-state index contributed by atoms with van der Waals surface area (Å²) in [6.45, 7) is 4.81. The number of hydrogen-bond donors (Lipinski definition) is 0. The molecular weight excluding hydrogens is 428 g/mol. The van der Waals surface area contributed by atoms with E-state index in [1.807, 2.05) is 56.3 Å². The number of ether oxygens (including phenoxy) is 4. The summed E-state index contributed by atoms with van der Waals surface area (Å²) >= 11 is 6.24. The van der Waals surface area contributed by atoms with E-state index >= 15 is 0 Å². The molecule has 32 heavy (non-hydrogen) atoms. The number of ketones is 1. The quantitative estimate of drug-likeness (QED) is 0.457. The average Bonchev–Trinajstić information content (AvgIpc) is 3.07. The third-order valence-electron chi connectivity index (χ3n) is 5.43. The van der Waals surface area contributed by atoms with Crippen LogP contribution in [0.15, 0.2) is 54.3 Å². The minimum absolute atomic E-state index is 0.122. The van der Waals surface area contributed by atoms with E-state index in [-0.39, 0.29) is 19.2 Å². The molecule has 2 heterocycles. The lowest BCUT2D eigenvalue weighted by atomic mass is 10.0. The molecule has 0 aromatic heterocycles. The Labute approximate surface area is 191 Å². The van der Waals surface area contributed by atoms with Crippen LogP contribution in [-0.2, 0) is 18.0 Å². The van der Waals surface area contributed by atoms with E-state index < -0.39 is 0 Å². The zero-order valence-corrected chi connectivity index (χ0v) is 18.5. The van der Waals surface area contributed by atoms with Gasteiger partial charge >= 0.3 is 0 Å². The first kappa shape index (κ1) is 20.6. The fourth-order valence-corrected chi connectivity index (χ4v) is 4.26. The molecule has 0 aliphatic carbocycles. The average molecular weight is 449 g/mol. The highest BCUT2D eigenvalue weighted by Crippen LogP contribution is 2.38. The Hall–Kier alpha value is -3.28. The molecule has 0 spiro atoms. The lowest BCUT2D eigenvalue weighted by molar-refractivity contribution is -0.0175. The minimum Gasteiger partial charge on any atom is -0.489 e. The Bertz CT molecular complexity index is 1260. The Balaban J connectivity index is 1.39. The van der Waals surface area contributed by atoms with Gasteiger partial charge in [0.15, 0.2) is 12.6 Å². The predicted octanol–water partition coefficient (Wildman–Crippen LogP) is 6.02. The molecule has 0 atom stereocenters. The van der Waals surface area contributed by atoms with Gasteiger partial charge in [0.2, 0.25) is 5.78 Å². The van der Waals surface area contributed by atoms with Gasteiger partial charge in [0.05, 0.1) is 12.2 Å². The van der Waals surface area contributed by atoms with Crippen LogP contribution in [0.2, 0.25) is 5.02 Å². The van der Waals surface area contributed by atoms with Gasteiger partial charge in [0.25, 0.3) is 0 Å². The summed E-state index contributed by atoms with van der Waals surface area (Å²) in [5.41, 5.74) is 5.14. The topological polar surface area (TPSA) is 54.0 Å². The highest BCUT2D eigenvalue weighted by molar-refractivity contribution is 6.30. The van der Waals surface area contributed by atoms with Crippen molar-refractivity contribution < 1.29 is 23.7 Å².